The van der Waals surface area contributed by atoms with E-state index in [2.05, 4.69) is 19.2 Å². The molecule has 1 nitrogen and oxygen atoms in total. The molecule has 120 valence electrons. The van der Waals surface area contributed by atoms with E-state index in [0.717, 1.165) is 44.2 Å². The van der Waals surface area contributed by atoms with Gasteiger partial charge >= 0.3 is 6.18 Å². The minimum absolute atomic E-state index is 0.129. The largest absolute Gasteiger partial charge is 0.416 e. The molecule has 0 heterocycles. The normalized spacial score (nSPS) is 15.0. The molecule has 0 bridgehead atoms. The van der Waals surface area contributed by atoms with Gasteiger partial charge < -0.3 is 5.32 Å². The van der Waals surface area contributed by atoms with Crippen LogP contribution in [0.4, 0.5) is 13.2 Å². The first-order valence-electron chi connectivity index (χ1n) is 7.67. The summed E-state index contributed by atoms with van der Waals surface area (Å²) in [6, 6.07) is 5.62. The Labute approximate surface area is 125 Å². The van der Waals surface area contributed by atoms with Crippen molar-refractivity contribution < 1.29 is 13.2 Å². The molecule has 0 aliphatic rings. The molecule has 0 aliphatic heterocycles. The average molecular weight is 301 g/mol. The molecule has 0 amide bonds. The molecule has 0 aliphatic carbocycles. The second-order valence-corrected chi connectivity index (χ2v) is 5.86. The lowest BCUT2D eigenvalue weighted by Gasteiger charge is -2.33. The summed E-state index contributed by atoms with van der Waals surface area (Å²) in [5, 5.41) is 3.24. The van der Waals surface area contributed by atoms with E-state index in [1.165, 1.54) is 12.1 Å². The Morgan fingerprint density at radius 3 is 2.10 bits per heavy atom. The van der Waals surface area contributed by atoms with Gasteiger partial charge in [0.25, 0.3) is 0 Å². The average Bonchev–Trinajstić information content (AvgIpc) is 2.44. The van der Waals surface area contributed by atoms with E-state index in [4.69, 9.17) is 0 Å². The van der Waals surface area contributed by atoms with Crippen LogP contribution in [0.2, 0.25) is 0 Å². The summed E-state index contributed by atoms with van der Waals surface area (Å²) in [7, 11) is 1.93. The lowest BCUT2D eigenvalue weighted by Crippen LogP contribution is -2.34. The molecule has 0 aromatic heterocycles. The predicted octanol–water partition coefficient (Wildman–Crippen LogP) is 5.05. The van der Waals surface area contributed by atoms with Crippen molar-refractivity contribution >= 4 is 0 Å². The van der Waals surface area contributed by atoms with E-state index in [9.17, 15) is 13.2 Å². The van der Waals surface area contributed by atoms with Crippen LogP contribution in [0.3, 0.4) is 0 Å². The molecule has 1 unspecified atom stereocenters. The third-order valence-electron chi connectivity index (χ3n) is 4.22. The lowest BCUT2D eigenvalue weighted by atomic mass is 9.75. The van der Waals surface area contributed by atoms with Gasteiger partial charge in [-0.15, -0.1) is 0 Å². The number of halogens is 3. The van der Waals surface area contributed by atoms with Gasteiger partial charge in [0.2, 0.25) is 0 Å². The van der Waals surface area contributed by atoms with Crippen molar-refractivity contribution in [2.75, 3.05) is 13.6 Å². The number of benzene rings is 1. The molecule has 0 fully saturated rings. The fraction of sp³-hybridized carbons (Fsp3) is 0.647. The summed E-state index contributed by atoms with van der Waals surface area (Å²) in [5.74, 6) is 0. The van der Waals surface area contributed by atoms with Crippen LogP contribution in [0.15, 0.2) is 24.3 Å². The Morgan fingerprint density at radius 2 is 1.67 bits per heavy atom. The van der Waals surface area contributed by atoms with Gasteiger partial charge in [0.15, 0.2) is 0 Å². The number of hydrogen-bond donors (Lipinski definition) is 1. The minimum atomic E-state index is -4.26. The third kappa shape index (κ3) is 5.34. The first kappa shape index (κ1) is 18.0. The minimum Gasteiger partial charge on any atom is -0.319 e. The summed E-state index contributed by atoms with van der Waals surface area (Å²) in [5.41, 5.74) is 0.538. The molecule has 1 aromatic carbocycles. The molecule has 0 spiro atoms. The highest BCUT2D eigenvalue weighted by Crippen LogP contribution is 2.34. The van der Waals surface area contributed by atoms with Gasteiger partial charge in [-0.25, -0.2) is 0 Å². The van der Waals surface area contributed by atoms with E-state index in [1.54, 1.807) is 12.1 Å². The quantitative estimate of drug-likeness (QED) is 0.708. The Kier molecular flexibility index (Phi) is 6.72. The number of rotatable bonds is 8. The number of alkyl halides is 3. The number of hydrogen-bond acceptors (Lipinski definition) is 1. The summed E-state index contributed by atoms with van der Waals surface area (Å²) >= 11 is 0. The van der Waals surface area contributed by atoms with Crippen molar-refractivity contribution in [3.63, 3.8) is 0 Å². The van der Waals surface area contributed by atoms with Crippen molar-refractivity contribution in [2.24, 2.45) is 5.41 Å². The second-order valence-electron chi connectivity index (χ2n) is 5.86. The first-order chi connectivity index (χ1) is 9.87. The number of unbranched alkanes of at least 4 members (excludes halogenated alkanes) is 1. The summed E-state index contributed by atoms with van der Waals surface area (Å²) in [6.07, 6.45) is 0.974. The monoisotopic (exact) mass is 301 g/mol. The van der Waals surface area contributed by atoms with E-state index in [-0.39, 0.29) is 5.41 Å². The van der Waals surface area contributed by atoms with Crippen molar-refractivity contribution in [1.82, 2.24) is 5.32 Å². The molecule has 1 atom stereocenters. The second kappa shape index (κ2) is 7.83. The highest BCUT2D eigenvalue weighted by molar-refractivity contribution is 5.25. The smallest absolute Gasteiger partial charge is 0.319 e. The lowest BCUT2D eigenvalue weighted by molar-refractivity contribution is -0.137. The standard InChI is InChI=1S/C17H26F3N/c1-4-6-11-16(5-2,13-21-3)12-14-7-9-15(10-8-14)17(18,19)20/h7-10,21H,4-6,11-13H2,1-3H3. The zero-order valence-electron chi connectivity index (χ0n) is 13.2. The Hall–Kier alpha value is -1.03. The van der Waals surface area contributed by atoms with Crippen LogP contribution in [0, 0.1) is 5.41 Å². The van der Waals surface area contributed by atoms with E-state index < -0.39 is 11.7 Å². The van der Waals surface area contributed by atoms with Crippen molar-refractivity contribution in [3.8, 4) is 0 Å². The molecule has 1 aromatic rings. The van der Waals surface area contributed by atoms with Crippen molar-refractivity contribution in [2.45, 2.75) is 52.1 Å². The van der Waals surface area contributed by atoms with Gasteiger partial charge in [-0.05, 0) is 49.4 Å². The van der Waals surface area contributed by atoms with Crippen LogP contribution in [-0.2, 0) is 12.6 Å². The van der Waals surface area contributed by atoms with Crippen LogP contribution in [-0.4, -0.2) is 13.6 Å². The van der Waals surface area contributed by atoms with Gasteiger partial charge in [-0.3, -0.25) is 0 Å². The molecule has 1 N–H and O–H groups in total. The SMILES string of the molecule is CCCCC(CC)(CNC)Cc1ccc(C(F)(F)F)cc1. The molecule has 0 saturated carbocycles. The summed E-state index contributed by atoms with van der Waals surface area (Å²) in [6.45, 7) is 5.22. The highest BCUT2D eigenvalue weighted by atomic mass is 19.4. The van der Waals surface area contributed by atoms with Crippen LogP contribution < -0.4 is 5.32 Å². The zero-order chi connectivity index (χ0) is 15.9. The van der Waals surface area contributed by atoms with Gasteiger partial charge in [0.05, 0.1) is 5.56 Å². The molecule has 1 rings (SSSR count). The molecule has 21 heavy (non-hydrogen) atoms. The molecule has 0 saturated heterocycles. The zero-order valence-corrected chi connectivity index (χ0v) is 13.2. The van der Waals surface area contributed by atoms with E-state index in [0.29, 0.717) is 0 Å². The maximum Gasteiger partial charge on any atom is 0.416 e. The molecule has 0 radical (unpaired) electrons. The molecular weight excluding hydrogens is 275 g/mol. The van der Waals surface area contributed by atoms with E-state index in [1.807, 2.05) is 7.05 Å². The van der Waals surface area contributed by atoms with Crippen LogP contribution in [0.25, 0.3) is 0 Å². The highest BCUT2D eigenvalue weighted by Gasteiger charge is 2.31. The van der Waals surface area contributed by atoms with Crippen LogP contribution in [0.5, 0.6) is 0 Å². The third-order valence-corrected chi connectivity index (χ3v) is 4.22. The van der Waals surface area contributed by atoms with Crippen molar-refractivity contribution in [1.29, 1.82) is 0 Å². The predicted molar refractivity (Wildman–Crippen MR) is 81.3 cm³/mol. The fourth-order valence-corrected chi connectivity index (χ4v) is 2.84. The Bertz CT molecular complexity index is 411. The van der Waals surface area contributed by atoms with Crippen LogP contribution >= 0.6 is 0 Å². The Morgan fingerprint density at radius 1 is 1.05 bits per heavy atom. The van der Waals surface area contributed by atoms with Crippen molar-refractivity contribution in [3.05, 3.63) is 35.4 Å². The maximum atomic E-state index is 12.6. The summed E-state index contributed by atoms with van der Waals surface area (Å²) < 4.78 is 37.8. The summed E-state index contributed by atoms with van der Waals surface area (Å²) in [4.78, 5) is 0. The molecule has 4 heteroatoms. The Balaban J connectivity index is 2.87. The van der Waals surface area contributed by atoms with Crippen LogP contribution in [0.1, 0.15) is 50.7 Å². The van der Waals surface area contributed by atoms with Gasteiger partial charge in [0, 0.05) is 6.54 Å². The van der Waals surface area contributed by atoms with Gasteiger partial charge in [0.1, 0.15) is 0 Å². The van der Waals surface area contributed by atoms with Gasteiger partial charge in [-0.1, -0.05) is 38.8 Å². The first-order valence-corrected chi connectivity index (χ1v) is 7.67. The fourth-order valence-electron chi connectivity index (χ4n) is 2.84. The topological polar surface area (TPSA) is 12.0 Å². The van der Waals surface area contributed by atoms with E-state index >= 15 is 0 Å². The van der Waals surface area contributed by atoms with Gasteiger partial charge in [-0.2, -0.15) is 13.2 Å². The molecular formula is C17H26F3N. The number of nitrogens with one attached hydrogen (secondary N) is 1. The maximum absolute atomic E-state index is 12.6.